The third-order valence-corrected chi connectivity index (χ3v) is 7.19. The Balaban J connectivity index is 1.73. The van der Waals surface area contributed by atoms with Gasteiger partial charge in [0.1, 0.15) is 5.82 Å². The third-order valence-electron chi connectivity index (χ3n) is 4.41. The lowest BCUT2D eigenvalue weighted by atomic mass is 10.1. The highest BCUT2D eigenvalue weighted by Gasteiger charge is 2.32. The van der Waals surface area contributed by atoms with Crippen molar-refractivity contribution < 1.29 is 8.42 Å². The van der Waals surface area contributed by atoms with E-state index in [1.165, 1.54) is 5.56 Å². The van der Waals surface area contributed by atoms with Gasteiger partial charge < -0.3 is 4.57 Å². The first-order valence-electron chi connectivity index (χ1n) is 8.02. The van der Waals surface area contributed by atoms with Crippen molar-refractivity contribution in [2.75, 3.05) is 18.6 Å². The van der Waals surface area contributed by atoms with Crippen LogP contribution < -0.4 is 0 Å². The molecule has 136 valence electrons. The molecule has 0 aliphatic carbocycles. The van der Waals surface area contributed by atoms with Crippen LogP contribution in [0.2, 0.25) is 0 Å². The minimum atomic E-state index is -2.94. The summed E-state index contributed by atoms with van der Waals surface area (Å²) in [5, 5.41) is 4.61. The predicted octanol–water partition coefficient (Wildman–Crippen LogP) is 2.71. The monoisotopic (exact) mass is 444 g/mol. The molecule has 1 unspecified atom stereocenters. The van der Waals surface area contributed by atoms with Gasteiger partial charge in [-0.05, 0) is 43.4 Å². The maximum Gasteiger partial charge on any atom is 0.198 e. The van der Waals surface area contributed by atoms with Gasteiger partial charge in [0.15, 0.2) is 14.6 Å². The number of sulfone groups is 1. The summed E-state index contributed by atoms with van der Waals surface area (Å²) in [6, 6.07) is 8.20. The summed E-state index contributed by atoms with van der Waals surface area (Å²) in [4.78, 5) is 2.13. The Morgan fingerprint density at radius 3 is 2.64 bits per heavy atom. The quantitative estimate of drug-likeness (QED) is 0.663. The predicted molar refractivity (Wildman–Crippen MR) is 104 cm³/mol. The molecule has 25 heavy (non-hydrogen) atoms. The summed E-state index contributed by atoms with van der Waals surface area (Å²) in [6.45, 7) is 1.33. The molecule has 6 nitrogen and oxygen atoms in total. The van der Waals surface area contributed by atoms with Gasteiger partial charge in [-0.2, -0.15) is 5.10 Å². The minimum absolute atomic E-state index is 0.0604. The van der Waals surface area contributed by atoms with Crippen LogP contribution in [-0.2, 0) is 30.1 Å². The van der Waals surface area contributed by atoms with Crippen molar-refractivity contribution in [3.8, 4) is 0 Å². The van der Waals surface area contributed by atoms with Crippen molar-refractivity contribution in [1.82, 2.24) is 19.2 Å². The fraction of sp³-hybridized carbons (Fsp3) is 0.500. The lowest BCUT2D eigenvalue weighted by Crippen LogP contribution is -2.22. The molecule has 9 heteroatoms. The largest absolute Gasteiger partial charge is 0.307 e. The molecular formula is C16H21BrN4O2S2. The molecule has 0 saturated carbocycles. The van der Waals surface area contributed by atoms with E-state index in [4.69, 9.17) is 12.2 Å². The number of aromatic nitrogens is 3. The van der Waals surface area contributed by atoms with Gasteiger partial charge in [-0.15, -0.1) is 0 Å². The first kappa shape index (κ1) is 18.8. The van der Waals surface area contributed by atoms with Crippen LogP contribution in [0.25, 0.3) is 0 Å². The summed E-state index contributed by atoms with van der Waals surface area (Å²) in [7, 11) is 0.932. The lowest BCUT2D eigenvalue weighted by molar-refractivity contribution is 0.243. The zero-order valence-corrected chi connectivity index (χ0v) is 17.4. The third kappa shape index (κ3) is 4.39. The van der Waals surface area contributed by atoms with Crippen LogP contribution in [0.1, 0.15) is 23.7 Å². The van der Waals surface area contributed by atoms with Crippen molar-refractivity contribution in [3.05, 3.63) is 44.9 Å². The Morgan fingerprint density at radius 2 is 2.04 bits per heavy atom. The number of rotatable bonds is 5. The maximum atomic E-state index is 11.7. The van der Waals surface area contributed by atoms with Crippen molar-refractivity contribution in [2.24, 2.45) is 7.05 Å². The van der Waals surface area contributed by atoms with Gasteiger partial charge in [0.2, 0.25) is 0 Å². The maximum absolute atomic E-state index is 11.7. The topological polar surface area (TPSA) is 60.1 Å². The van der Waals surface area contributed by atoms with E-state index in [2.05, 4.69) is 38.1 Å². The molecule has 0 radical (unpaired) electrons. The van der Waals surface area contributed by atoms with E-state index in [0.29, 0.717) is 17.9 Å². The zero-order chi connectivity index (χ0) is 18.2. The minimum Gasteiger partial charge on any atom is -0.307 e. The highest BCUT2D eigenvalue weighted by Crippen LogP contribution is 2.27. The zero-order valence-electron chi connectivity index (χ0n) is 14.2. The molecule has 0 spiro atoms. The molecular weight excluding hydrogens is 424 g/mol. The molecule has 1 aromatic heterocycles. The van der Waals surface area contributed by atoms with Gasteiger partial charge >= 0.3 is 0 Å². The highest BCUT2D eigenvalue weighted by atomic mass is 79.9. The second-order valence-corrected chi connectivity index (χ2v) is 10.1. The van der Waals surface area contributed by atoms with Gasteiger partial charge in [-0.25, -0.2) is 13.1 Å². The van der Waals surface area contributed by atoms with Gasteiger partial charge in [-0.3, -0.25) is 4.90 Å². The fourth-order valence-electron chi connectivity index (χ4n) is 3.13. The number of hydrogen-bond donors (Lipinski definition) is 0. The van der Waals surface area contributed by atoms with Gasteiger partial charge in [0, 0.05) is 24.0 Å². The van der Waals surface area contributed by atoms with Gasteiger partial charge in [-0.1, -0.05) is 28.1 Å². The Morgan fingerprint density at radius 1 is 1.36 bits per heavy atom. The number of halogens is 1. The summed E-state index contributed by atoms with van der Waals surface area (Å²) >= 11 is 8.93. The molecule has 2 heterocycles. The van der Waals surface area contributed by atoms with Gasteiger partial charge in [0.05, 0.1) is 18.2 Å². The smallest absolute Gasteiger partial charge is 0.198 e. The normalized spacial score (nSPS) is 19.6. The van der Waals surface area contributed by atoms with E-state index in [-0.39, 0.29) is 17.4 Å². The molecule has 0 N–H and O–H groups in total. The Bertz CT molecular complexity index is 919. The Labute approximate surface area is 161 Å². The van der Waals surface area contributed by atoms with Crippen LogP contribution in [-0.4, -0.2) is 46.2 Å². The molecule has 0 amide bonds. The van der Waals surface area contributed by atoms with Crippen LogP contribution in [0.3, 0.4) is 0 Å². The second-order valence-electron chi connectivity index (χ2n) is 6.58. The van der Waals surface area contributed by atoms with Crippen molar-refractivity contribution in [2.45, 2.75) is 25.6 Å². The van der Waals surface area contributed by atoms with Gasteiger partial charge in [0.25, 0.3) is 0 Å². The van der Waals surface area contributed by atoms with Crippen LogP contribution in [0.4, 0.5) is 0 Å². The van der Waals surface area contributed by atoms with Crippen molar-refractivity contribution >= 4 is 38.0 Å². The SMILES string of the molecule is CN(Cc1ccc(Br)cc1)Cn1nc(C2CCS(=O)(=O)C2)n(C)c1=S. The van der Waals surface area contributed by atoms with Crippen molar-refractivity contribution in [1.29, 1.82) is 0 Å². The van der Waals surface area contributed by atoms with Crippen LogP contribution in [0.5, 0.6) is 0 Å². The van der Waals surface area contributed by atoms with Crippen molar-refractivity contribution in [3.63, 3.8) is 0 Å². The molecule has 1 saturated heterocycles. The Hall–Kier alpha value is -1.03. The summed E-state index contributed by atoms with van der Waals surface area (Å²) < 4.78 is 28.8. The Kier molecular flexibility index (Phi) is 5.48. The number of hydrogen-bond acceptors (Lipinski definition) is 5. The molecule has 1 aliphatic rings. The van der Waals surface area contributed by atoms with E-state index >= 15 is 0 Å². The summed E-state index contributed by atoms with van der Waals surface area (Å²) in [6.07, 6.45) is 0.622. The number of nitrogens with zero attached hydrogens (tertiary/aromatic N) is 4. The molecule has 1 atom stereocenters. The van der Waals surface area contributed by atoms with Crippen LogP contribution >= 0.6 is 28.1 Å². The first-order chi connectivity index (χ1) is 11.7. The standard InChI is InChI=1S/C16H21BrN4O2S2/c1-19(9-12-3-5-14(17)6-4-12)11-21-16(24)20(2)15(18-21)13-7-8-25(22,23)10-13/h3-6,13H,7-11H2,1-2H3. The van der Waals surface area contributed by atoms with E-state index < -0.39 is 9.84 Å². The second kappa shape index (κ2) is 7.30. The first-order valence-corrected chi connectivity index (χ1v) is 11.0. The molecule has 1 aromatic carbocycles. The van der Waals surface area contributed by atoms with Crippen LogP contribution in [0.15, 0.2) is 28.7 Å². The highest BCUT2D eigenvalue weighted by molar-refractivity contribution is 9.10. The summed E-state index contributed by atoms with van der Waals surface area (Å²) in [5.74, 6) is 1.11. The summed E-state index contributed by atoms with van der Waals surface area (Å²) in [5.41, 5.74) is 1.20. The average Bonchev–Trinajstić information content (AvgIpc) is 3.04. The molecule has 0 bridgehead atoms. The molecule has 2 aromatic rings. The fourth-order valence-corrected chi connectivity index (χ4v) is 5.33. The van der Waals surface area contributed by atoms with Crippen LogP contribution in [0, 0.1) is 4.77 Å². The molecule has 1 fully saturated rings. The average molecular weight is 445 g/mol. The van der Waals surface area contributed by atoms with E-state index in [9.17, 15) is 8.42 Å². The number of benzene rings is 1. The van der Waals surface area contributed by atoms with E-state index in [1.807, 2.05) is 30.8 Å². The molecule has 1 aliphatic heterocycles. The van der Waals surface area contributed by atoms with E-state index in [1.54, 1.807) is 4.68 Å². The molecule has 3 rings (SSSR count). The van der Waals surface area contributed by atoms with E-state index in [0.717, 1.165) is 16.8 Å². The lowest BCUT2D eigenvalue weighted by Gasteiger charge is -2.16.